The van der Waals surface area contributed by atoms with E-state index in [9.17, 15) is 9.90 Å². The summed E-state index contributed by atoms with van der Waals surface area (Å²) in [5.41, 5.74) is 3.16. The maximum Gasteiger partial charge on any atom is 0.223 e. The monoisotopic (exact) mass is 281 g/mol. The molecule has 3 heteroatoms. The Balaban J connectivity index is 2.02. The standard InChI is InChI=1S/C18H19NO2/c1-19-17(21)11-16(14-7-3-2-4-8-14)18(19)15-9-5-6-13(10-15)12-20/h2-10,16,18,20H,11-12H2,1H3/t16-,18+/m0/s1. The van der Waals surface area contributed by atoms with Crippen molar-refractivity contribution in [3.05, 3.63) is 71.3 Å². The van der Waals surface area contributed by atoms with Crippen LogP contribution < -0.4 is 0 Å². The first-order valence-corrected chi connectivity index (χ1v) is 7.21. The van der Waals surface area contributed by atoms with Crippen LogP contribution in [0, 0.1) is 0 Å². The van der Waals surface area contributed by atoms with E-state index in [1.54, 1.807) is 0 Å². The Morgan fingerprint density at radius 2 is 1.81 bits per heavy atom. The molecule has 0 unspecified atom stereocenters. The molecule has 21 heavy (non-hydrogen) atoms. The molecule has 1 N–H and O–H groups in total. The molecule has 0 radical (unpaired) electrons. The Bertz CT molecular complexity index is 639. The maximum absolute atomic E-state index is 12.2. The maximum atomic E-state index is 12.2. The number of hydrogen-bond acceptors (Lipinski definition) is 2. The van der Waals surface area contributed by atoms with Crippen molar-refractivity contribution in [2.45, 2.75) is 25.0 Å². The first kappa shape index (κ1) is 13.8. The molecule has 0 aromatic heterocycles. The first-order valence-electron chi connectivity index (χ1n) is 7.21. The summed E-state index contributed by atoms with van der Waals surface area (Å²) in [7, 11) is 1.86. The molecule has 1 aliphatic heterocycles. The van der Waals surface area contributed by atoms with E-state index in [0.29, 0.717) is 6.42 Å². The summed E-state index contributed by atoms with van der Waals surface area (Å²) in [6.07, 6.45) is 0.536. The molecule has 0 saturated carbocycles. The fourth-order valence-corrected chi connectivity index (χ4v) is 3.20. The van der Waals surface area contributed by atoms with Crippen molar-refractivity contribution in [2.24, 2.45) is 0 Å². The van der Waals surface area contributed by atoms with Crippen molar-refractivity contribution in [3.63, 3.8) is 0 Å². The molecule has 1 fully saturated rings. The third kappa shape index (κ3) is 2.57. The molecule has 2 atom stereocenters. The van der Waals surface area contributed by atoms with Crippen LogP contribution in [0.2, 0.25) is 0 Å². The van der Waals surface area contributed by atoms with E-state index in [0.717, 1.165) is 11.1 Å². The minimum atomic E-state index is 0.0220. The van der Waals surface area contributed by atoms with Crippen LogP contribution >= 0.6 is 0 Å². The minimum Gasteiger partial charge on any atom is -0.392 e. The summed E-state index contributed by atoms with van der Waals surface area (Å²) in [4.78, 5) is 14.0. The fourth-order valence-electron chi connectivity index (χ4n) is 3.20. The molecule has 108 valence electrons. The van der Waals surface area contributed by atoms with Gasteiger partial charge in [0.25, 0.3) is 0 Å². The van der Waals surface area contributed by atoms with Gasteiger partial charge in [0.2, 0.25) is 5.91 Å². The summed E-state index contributed by atoms with van der Waals surface area (Å²) < 4.78 is 0. The average molecular weight is 281 g/mol. The van der Waals surface area contributed by atoms with Crippen molar-refractivity contribution < 1.29 is 9.90 Å². The predicted molar refractivity (Wildman–Crippen MR) is 81.7 cm³/mol. The Labute approximate surface area is 124 Å². The SMILES string of the molecule is CN1C(=O)C[C@@H](c2ccccc2)[C@H]1c1cccc(CO)c1. The number of likely N-dealkylation sites (N-methyl/N-ethyl adjacent to an activating group) is 1. The highest BCUT2D eigenvalue weighted by Gasteiger charge is 2.39. The van der Waals surface area contributed by atoms with Crippen LogP contribution in [0.4, 0.5) is 0 Å². The van der Waals surface area contributed by atoms with Crippen molar-refractivity contribution in [1.29, 1.82) is 0 Å². The summed E-state index contributed by atoms with van der Waals surface area (Å²) in [6.45, 7) is 0.0220. The molecular weight excluding hydrogens is 262 g/mol. The van der Waals surface area contributed by atoms with Crippen LogP contribution in [0.5, 0.6) is 0 Å². The zero-order valence-corrected chi connectivity index (χ0v) is 12.1. The number of carbonyl (C=O) groups excluding carboxylic acids is 1. The van der Waals surface area contributed by atoms with Gasteiger partial charge in [-0.3, -0.25) is 4.79 Å². The summed E-state index contributed by atoms with van der Waals surface area (Å²) in [6, 6.07) is 18.1. The molecule has 3 rings (SSSR count). The van der Waals surface area contributed by atoms with Gasteiger partial charge in [-0.2, -0.15) is 0 Å². The highest BCUT2D eigenvalue weighted by molar-refractivity contribution is 5.80. The van der Waals surface area contributed by atoms with Crippen molar-refractivity contribution in [2.75, 3.05) is 7.05 Å². The van der Waals surface area contributed by atoms with Gasteiger partial charge in [-0.1, -0.05) is 54.6 Å². The largest absolute Gasteiger partial charge is 0.392 e. The van der Waals surface area contributed by atoms with Crippen LogP contribution in [0.15, 0.2) is 54.6 Å². The van der Waals surface area contributed by atoms with Gasteiger partial charge in [-0.25, -0.2) is 0 Å². The molecule has 1 aliphatic rings. The van der Waals surface area contributed by atoms with E-state index < -0.39 is 0 Å². The molecule has 2 aromatic rings. The quantitative estimate of drug-likeness (QED) is 0.939. The van der Waals surface area contributed by atoms with Crippen molar-refractivity contribution in [3.8, 4) is 0 Å². The number of hydrogen-bond donors (Lipinski definition) is 1. The molecule has 1 heterocycles. The lowest BCUT2D eigenvalue weighted by atomic mass is 9.87. The number of aliphatic hydroxyl groups is 1. The van der Waals surface area contributed by atoms with E-state index in [4.69, 9.17) is 0 Å². The molecular formula is C18H19NO2. The van der Waals surface area contributed by atoms with Crippen LogP contribution in [-0.4, -0.2) is 23.0 Å². The Kier molecular flexibility index (Phi) is 3.76. The fraction of sp³-hybridized carbons (Fsp3) is 0.278. The second-order valence-corrected chi connectivity index (χ2v) is 5.57. The van der Waals surface area contributed by atoms with Gasteiger partial charge in [0.1, 0.15) is 0 Å². The van der Waals surface area contributed by atoms with E-state index in [-0.39, 0.29) is 24.5 Å². The first-order chi connectivity index (χ1) is 10.2. The average Bonchev–Trinajstić information content (AvgIpc) is 2.84. The van der Waals surface area contributed by atoms with E-state index in [1.165, 1.54) is 5.56 Å². The molecule has 1 amide bonds. The number of likely N-dealkylation sites (tertiary alicyclic amines) is 1. The number of aliphatic hydroxyl groups excluding tert-OH is 1. The van der Waals surface area contributed by atoms with Gasteiger partial charge < -0.3 is 10.0 Å². The van der Waals surface area contributed by atoms with Crippen LogP contribution in [0.3, 0.4) is 0 Å². The Morgan fingerprint density at radius 3 is 2.52 bits per heavy atom. The van der Waals surface area contributed by atoms with E-state index in [2.05, 4.69) is 12.1 Å². The lowest BCUT2D eigenvalue weighted by Gasteiger charge is -2.26. The topological polar surface area (TPSA) is 40.5 Å². The van der Waals surface area contributed by atoms with Gasteiger partial charge in [0, 0.05) is 19.4 Å². The van der Waals surface area contributed by atoms with Crippen LogP contribution in [-0.2, 0) is 11.4 Å². The summed E-state index contributed by atoms with van der Waals surface area (Å²) >= 11 is 0. The van der Waals surface area contributed by atoms with Gasteiger partial charge >= 0.3 is 0 Å². The molecule has 2 aromatic carbocycles. The van der Waals surface area contributed by atoms with E-state index >= 15 is 0 Å². The second-order valence-electron chi connectivity index (χ2n) is 5.57. The molecule has 0 bridgehead atoms. The zero-order chi connectivity index (χ0) is 14.8. The molecule has 1 saturated heterocycles. The van der Waals surface area contributed by atoms with Gasteiger partial charge in [0.15, 0.2) is 0 Å². The molecule has 0 aliphatic carbocycles. The lowest BCUT2D eigenvalue weighted by Crippen LogP contribution is -2.24. The third-order valence-corrected chi connectivity index (χ3v) is 4.29. The van der Waals surface area contributed by atoms with Crippen molar-refractivity contribution >= 4 is 5.91 Å². The normalized spacial score (nSPS) is 21.8. The Morgan fingerprint density at radius 1 is 1.10 bits per heavy atom. The third-order valence-electron chi connectivity index (χ3n) is 4.29. The summed E-state index contributed by atoms with van der Waals surface area (Å²) in [5.74, 6) is 0.334. The highest BCUT2D eigenvalue weighted by Crippen LogP contribution is 2.43. The smallest absolute Gasteiger partial charge is 0.223 e. The van der Waals surface area contributed by atoms with Crippen LogP contribution in [0.1, 0.15) is 35.1 Å². The predicted octanol–water partition coefficient (Wildman–Crippen LogP) is 2.87. The number of nitrogens with zero attached hydrogens (tertiary/aromatic N) is 1. The van der Waals surface area contributed by atoms with Gasteiger partial charge in [-0.15, -0.1) is 0 Å². The number of benzene rings is 2. The number of rotatable bonds is 3. The molecule has 3 nitrogen and oxygen atoms in total. The highest BCUT2D eigenvalue weighted by atomic mass is 16.3. The van der Waals surface area contributed by atoms with Gasteiger partial charge in [0.05, 0.1) is 12.6 Å². The summed E-state index contributed by atoms with van der Waals surface area (Å²) in [5, 5.41) is 9.33. The number of carbonyl (C=O) groups is 1. The number of amides is 1. The van der Waals surface area contributed by atoms with Crippen molar-refractivity contribution in [1.82, 2.24) is 4.90 Å². The van der Waals surface area contributed by atoms with Crippen LogP contribution in [0.25, 0.3) is 0 Å². The second kappa shape index (κ2) is 5.70. The lowest BCUT2D eigenvalue weighted by molar-refractivity contribution is -0.127. The van der Waals surface area contributed by atoms with Gasteiger partial charge in [-0.05, 0) is 16.7 Å². The molecule has 0 spiro atoms. The van der Waals surface area contributed by atoms with E-state index in [1.807, 2.05) is 54.4 Å². The zero-order valence-electron chi connectivity index (χ0n) is 12.1. The minimum absolute atomic E-state index is 0.0220. The Hall–Kier alpha value is -2.13.